The summed E-state index contributed by atoms with van der Waals surface area (Å²) >= 11 is 0. The average molecular weight is 228 g/mol. The predicted molar refractivity (Wildman–Crippen MR) is 74.2 cm³/mol. The lowest BCUT2D eigenvalue weighted by atomic mass is 9.98. The van der Waals surface area contributed by atoms with E-state index in [1.54, 1.807) is 0 Å². The Morgan fingerprint density at radius 1 is 1.06 bits per heavy atom. The van der Waals surface area contributed by atoms with Crippen LogP contribution in [0.3, 0.4) is 0 Å². The van der Waals surface area contributed by atoms with Gasteiger partial charge in [-0.15, -0.1) is 0 Å². The van der Waals surface area contributed by atoms with Gasteiger partial charge in [-0.1, -0.05) is 42.5 Å². The molecule has 2 rings (SSSR count). The van der Waals surface area contributed by atoms with Gasteiger partial charge in [-0.25, -0.2) is 0 Å². The molecule has 2 aromatic carbocycles. The molecule has 0 spiro atoms. The van der Waals surface area contributed by atoms with Crippen molar-refractivity contribution in [1.82, 2.24) is 4.90 Å². The van der Waals surface area contributed by atoms with Gasteiger partial charge in [0.05, 0.1) is 0 Å². The van der Waals surface area contributed by atoms with Gasteiger partial charge >= 0.3 is 0 Å². The highest BCUT2D eigenvalue weighted by atomic mass is 15.1. The van der Waals surface area contributed by atoms with Crippen LogP contribution in [0.1, 0.15) is 5.56 Å². The molecule has 2 aromatic rings. The van der Waals surface area contributed by atoms with Gasteiger partial charge in [0.15, 0.2) is 0 Å². The van der Waals surface area contributed by atoms with Gasteiger partial charge in [0.25, 0.3) is 0 Å². The third kappa shape index (κ3) is 2.65. The number of hydrogen-bond acceptors (Lipinski definition) is 2. The summed E-state index contributed by atoms with van der Waals surface area (Å²) < 4.78 is 0. The number of rotatable bonds is 4. The summed E-state index contributed by atoms with van der Waals surface area (Å²) in [5, 5.41) is 2.65. The topological polar surface area (TPSA) is 29.3 Å². The number of nitrogens with two attached hydrogens (primary N) is 1. The minimum absolute atomic E-state index is 0.404. The van der Waals surface area contributed by atoms with E-state index < -0.39 is 0 Å². The summed E-state index contributed by atoms with van der Waals surface area (Å²) in [4.78, 5) is 2.20. The maximum absolute atomic E-state index is 5.82. The van der Waals surface area contributed by atoms with E-state index in [0.717, 1.165) is 6.42 Å². The molecule has 0 fully saturated rings. The maximum Gasteiger partial charge on any atom is 0.0252 e. The Morgan fingerprint density at radius 3 is 2.47 bits per heavy atom. The molecular formula is C15H20N2. The molecule has 0 bridgehead atoms. The average Bonchev–Trinajstić information content (AvgIpc) is 2.35. The predicted octanol–water partition coefficient (Wildman–Crippen LogP) is 2.27. The molecule has 0 aliphatic rings. The molecule has 0 radical (unpaired) electrons. The van der Waals surface area contributed by atoms with Crippen LogP contribution in [0, 0.1) is 0 Å². The molecule has 17 heavy (non-hydrogen) atoms. The first-order chi connectivity index (χ1) is 8.22. The van der Waals surface area contributed by atoms with E-state index in [9.17, 15) is 0 Å². The lowest BCUT2D eigenvalue weighted by Crippen LogP contribution is -2.36. The summed E-state index contributed by atoms with van der Waals surface area (Å²) in [6.45, 7) is 0.691. The van der Waals surface area contributed by atoms with E-state index in [1.165, 1.54) is 16.3 Å². The number of benzene rings is 2. The van der Waals surface area contributed by atoms with Gasteiger partial charge in [0.2, 0.25) is 0 Å². The molecule has 0 heterocycles. The zero-order valence-corrected chi connectivity index (χ0v) is 10.6. The van der Waals surface area contributed by atoms with Crippen molar-refractivity contribution in [3.8, 4) is 0 Å². The van der Waals surface area contributed by atoms with Crippen molar-refractivity contribution < 1.29 is 0 Å². The fourth-order valence-corrected chi connectivity index (χ4v) is 2.20. The van der Waals surface area contributed by atoms with E-state index in [0.29, 0.717) is 12.6 Å². The minimum Gasteiger partial charge on any atom is -0.329 e. The summed E-state index contributed by atoms with van der Waals surface area (Å²) in [6.07, 6.45) is 1.00. The molecule has 0 saturated carbocycles. The van der Waals surface area contributed by atoms with Crippen LogP contribution in [-0.4, -0.2) is 31.6 Å². The van der Waals surface area contributed by atoms with Crippen molar-refractivity contribution in [1.29, 1.82) is 0 Å². The van der Waals surface area contributed by atoms with Gasteiger partial charge in [-0.2, -0.15) is 0 Å². The smallest absolute Gasteiger partial charge is 0.0252 e. The van der Waals surface area contributed by atoms with Crippen molar-refractivity contribution >= 4 is 10.8 Å². The van der Waals surface area contributed by atoms with Gasteiger partial charge in [0.1, 0.15) is 0 Å². The van der Waals surface area contributed by atoms with Crippen LogP contribution in [0.2, 0.25) is 0 Å². The summed E-state index contributed by atoms with van der Waals surface area (Å²) in [5.41, 5.74) is 7.21. The SMILES string of the molecule is CN(C)[C@H](CN)Cc1cccc2ccccc12. The molecule has 0 aromatic heterocycles. The second kappa shape index (κ2) is 5.30. The van der Waals surface area contributed by atoms with Gasteiger partial charge < -0.3 is 10.6 Å². The monoisotopic (exact) mass is 228 g/mol. The molecule has 2 N–H and O–H groups in total. The van der Waals surface area contributed by atoms with E-state index in [4.69, 9.17) is 5.73 Å². The van der Waals surface area contributed by atoms with Gasteiger partial charge in [0, 0.05) is 12.6 Å². The van der Waals surface area contributed by atoms with Crippen LogP contribution in [0.25, 0.3) is 10.8 Å². The van der Waals surface area contributed by atoms with Crippen LogP contribution < -0.4 is 5.73 Å². The van der Waals surface area contributed by atoms with Crippen LogP contribution in [-0.2, 0) is 6.42 Å². The Morgan fingerprint density at radius 2 is 1.76 bits per heavy atom. The van der Waals surface area contributed by atoms with Crippen molar-refractivity contribution in [3.63, 3.8) is 0 Å². The highest BCUT2D eigenvalue weighted by Crippen LogP contribution is 2.20. The van der Waals surface area contributed by atoms with E-state index in [2.05, 4.69) is 61.5 Å². The Hall–Kier alpha value is -1.38. The van der Waals surface area contributed by atoms with Crippen LogP contribution in [0.15, 0.2) is 42.5 Å². The van der Waals surface area contributed by atoms with E-state index >= 15 is 0 Å². The molecule has 1 atom stereocenters. The van der Waals surface area contributed by atoms with Crippen LogP contribution in [0.5, 0.6) is 0 Å². The molecule has 0 saturated heterocycles. The highest BCUT2D eigenvalue weighted by Gasteiger charge is 2.11. The summed E-state index contributed by atoms with van der Waals surface area (Å²) in [5.74, 6) is 0. The largest absolute Gasteiger partial charge is 0.329 e. The first kappa shape index (κ1) is 12.1. The van der Waals surface area contributed by atoms with Crippen molar-refractivity contribution in [2.24, 2.45) is 5.73 Å². The molecule has 0 aliphatic carbocycles. The zero-order valence-electron chi connectivity index (χ0n) is 10.6. The van der Waals surface area contributed by atoms with Crippen LogP contribution >= 0.6 is 0 Å². The van der Waals surface area contributed by atoms with Gasteiger partial charge in [-0.05, 0) is 36.9 Å². The second-order valence-electron chi connectivity index (χ2n) is 4.70. The Kier molecular flexibility index (Phi) is 3.77. The van der Waals surface area contributed by atoms with E-state index in [1.807, 2.05) is 0 Å². The molecule has 90 valence electrons. The molecule has 0 amide bonds. The standard InChI is InChI=1S/C15H20N2/c1-17(2)14(11-16)10-13-8-5-7-12-6-3-4-9-15(12)13/h3-9,14H,10-11,16H2,1-2H3/t14-/m0/s1. The second-order valence-corrected chi connectivity index (χ2v) is 4.70. The Bertz CT molecular complexity index is 486. The summed E-state index contributed by atoms with van der Waals surface area (Å²) in [7, 11) is 4.17. The number of fused-ring (bicyclic) bond motifs is 1. The number of likely N-dealkylation sites (N-methyl/N-ethyl adjacent to an activating group) is 1. The number of hydrogen-bond donors (Lipinski definition) is 1. The highest BCUT2D eigenvalue weighted by molar-refractivity contribution is 5.85. The molecule has 2 heteroatoms. The summed E-state index contributed by atoms with van der Waals surface area (Å²) in [6, 6.07) is 15.4. The fourth-order valence-electron chi connectivity index (χ4n) is 2.20. The lowest BCUT2D eigenvalue weighted by molar-refractivity contribution is 0.298. The van der Waals surface area contributed by atoms with Crippen molar-refractivity contribution in [3.05, 3.63) is 48.0 Å². The number of nitrogens with zero attached hydrogens (tertiary/aromatic N) is 1. The quantitative estimate of drug-likeness (QED) is 0.870. The first-order valence-corrected chi connectivity index (χ1v) is 6.05. The van der Waals surface area contributed by atoms with Crippen molar-refractivity contribution in [2.75, 3.05) is 20.6 Å². The fraction of sp³-hybridized carbons (Fsp3) is 0.333. The third-order valence-electron chi connectivity index (χ3n) is 3.34. The molecule has 0 unspecified atom stereocenters. The molecular weight excluding hydrogens is 208 g/mol. The molecule has 0 aliphatic heterocycles. The Balaban J connectivity index is 2.35. The third-order valence-corrected chi connectivity index (χ3v) is 3.34. The van der Waals surface area contributed by atoms with Crippen LogP contribution in [0.4, 0.5) is 0 Å². The minimum atomic E-state index is 0.404. The maximum atomic E-state index is 5.82. The Labute approximate surface area is 103 Å². The lowest BCUT2D eigenvalue weighted by Gasteiger charge is -2.23. The van der Waals surface area contributed by atoms with Crippen molar-refractivity contribution in [2.45, 2.75) is 12.5 Å². The normalized spacial score (nSPS) is 13.2. The van der Waals surface area contributed by atoms with Gasteiger partial charge in [-0.3, -0.25) is 0 Å². The zero-order chi connectivity index (χ0) is 12.3. The first-order valence-electron chi connectivity index (χ1n) is 6.05. The molecule has 2 nitrogen and oxygen atoms in total. The van der Waals surface area contributed by atoms with E-state index in [-0.39, 0.29) is 0 Å².